The lowest BCUT2D eigenvalue weighted by Gasteiger charge is -2.08. The first kappa shape index (κ1) is 13.1. The monoisotopic (exact) mass is 281 g/mol. The first-order chi connectivity index (χ1) is 8.59. The van der Waals surface area contributed by atoms with E-state index in [1.807, 2.05) is 36.7 Å². The maximum Gasteiger partial charge on any atom is 0.341 e. The SMILES string of the molecule is CC(C)COC(=O)c1c(-c2cccs2)csc1N. The molecule has 0 aliphatic heterocycles. The van der Waals surface area contributed by atoms with Gasteiger partial charge in [-0.25, -0.2) is 4.79 Å². The Hall–Kier alpha value is -1.33. The van der Waals surface area contributed by atoms with Gasteiger partial charge < -0.3 is 10.5 Å². The van der Waals surface area contributed by atoms with Gasteiger partial charge in [0, 0.05) is 15.8 Å². The summed E-state index contributed by atoms with van der Waals surface area (Å²) in [6.45, 7) is 4.42. The highest BCUT2D eigenvalue weighted by atomic mass is 32.1. The van der Waals surface area contributed by atoms with E-state index in [-0.39, 0.29) is 5.97 Å². The molecule has 96 valence electrons. The number of rotatable bonds is 4. The molecule has 0 atom stereocenters. The van der Waals surface area contributed by atoms with Crippen LogP contribution in [-0.2, 0) is 4.74 Å². The second-order valence-electron chi connectivity index (χ2n) is 4.36. The molecule has 2 N–H and O–H groups in total. The average molecular weight is 281 g/mol. The molecular formula is C13H15NO2S2. The summed E-state index contributed by atoms with van der Waals surface area (Å²) in [5, 5.41) is 4.41. The second-order valence-corrected chi connectivity index (χ2v) is 6.22. The maximum absolute atomic E-state index is 12.1. The number of thiophene rings is 2. The largest absolute Gasteiger partial charge is 0.462 e. The molecule has 0 aliphatic rings. The first-order valence-electron chi connectivity index (χ1n) is 5.67. The van der Waals surface area contributed by atoms with E-state index in [0.29, 0.717) is 23.1 Å². The van der Waals surface area contributed by atoms with Gasteiger partial charge in [0.1, 0.15) is 10.6 Å². The fourth-order valence-corrected chi connectivity index (χ4v) is 3.14. The van der Waals surface area contributed by atoms with Gasteiger partial charge in [-0.3, -0.25) is 0 Å². The van der Waals surface area contributed by atoms with Crippen molar-refractivity contribution < 1.29 is 9.53 Å². The predicted molar refractivity (Wildman–Crippen MR) is 77.2 cm³/mol. The van der Waals surface area contributed by atoms with Crippen LogP contribution >= 0.6 is 22.7 Å². The minimum Gasteiger partial charge on any atom is -0.462 e. The molecule has 0 amide bonds. The van der Waals surface area contributed by atoms with Crippen LogP contribution in [0.5, 0.6) is 0 Å². The van der Waals surface area contributed by atoms with Crippen molar-refractivity contribution in [2.24, 2.45) is 5.92 Å². The number of hydrogen-bond donors (Lipinski definition) is 1. The second kappa shape index (κ2) is 5.54. The number of carbonyl (C=O) groups excluding carboxylic acids is 1. The third kappa shape index (κ3) is 2.73. The first-order valence-corrected chi connectivity index (χ1v) is 7.43. The van der Waals surface area contributed by atoms with E-state index in [1.165, 1.54) is 11.3 Å². The predicted octanol–water partition coefficient (Wildman–Crippen LogP) is 3.87. The molecule has 2 aromatic rings. The van der Waals surface area contributed by atoms with Crippen LogP contribution in [0.4, 0.5) is 5.00 Å². The summed E-state index contributed by atoms with van der Waals surface area (Å²) in [5.74, 6) is -0.00940. The number of ether oxygens (including phenoxy) is 1. The molecule has 2 aromatic heterocycles. The van der Waals surface area contributed by atoms with Crippen LogP contribution in [0.25, 0.3) is 10.4 Å². The number of esters is 1. The van der Waals surface area contributed by atoms with E-state index >= 15 is 0 Å². The molecule has 0 spiro atoms. The lowest BCUT2D eigenvalue weighted by atomic mass is 10.1. The van der Waals surface area contributed by atoms with Gasteiger partial charge in [-0.2, -0.15) is 0 Å². The van der Waals surface area contributed by atoms with Crippen molar-refractivity contribution in [3.63, 3.8) is 0 Å². The minimum absolute atomic E-state index is 0.319. The molecule has 18 heavy (non-hydrogen) atoms. The summed E-state index contributed by atoms with van der Waals surface area (Å²) in [6, 6.07) is 3.93. The molecule has 2 rings (SSSR count). The zero-order valence-corrected chi connectivity index (χ0v) is 11.9. The van der Waals surface area contributed by atoms with E-state index in [0.717, 1.165) is 10.4 Å². The van der Waals surface area contributed by atoms with Crippen molar-refractivity contribution in [2.45, 2.75) is 13.8 Å². The number of nitrogens with two attached hydrogens (primary N) is 1. The fraction of sp³-hybridized carbons (Fsp3) is 0.308. The van der Waals surface area contributed by atoms with Crippen LogP contribution in [0.1, 0.15) is 24.2 Å². The molecule has 0 aliphatic carbocycles. The van der Waals surface area contributed by atoms with Crippen molar-refractivity contribution in [2.75, 3.05) is 12.3 Å². The van der Waals surface area contributed by atoms with Gasteiger partial charge in [-0.05, 0) is 17.4 Å². The van der Waals surface area contributed by atoms with E-state index in [4.69, 9.17) is 10.5 Å². The summed E-state index contributed by atoms with van der Waals surface area (Å²) in [7, 11) is 0. The van der Waals surface area contributed by atoms with Crippen LogP contribution in [0.2, 0.25) is 0 Å². The highest BCUT2D eigenvalue weighted by Crippen LogP contribution is 2.36. The minimum atomic E-state index is -0.328. The maximum atomic E-state index is 12.1. The van der Waals surface area contributed by atoms with Crippen LogP contribution in [-0.4, -0.2) is 12.6 Å². The molecular weight excluding hydrogens is 266 g/mol. The van der Waals surface area contributed by atoms with Gasteiger partial charge in [0.2, 0.25) is 0 Å². The number of nitrogen functional groups attached to an aromatic ring is 1. The number of hydrogen-bond acceptors (Lipinski definition) is 5. The van der Waals surface area contributed by atoms with Crippen molar-refractivity contribution in [3.05, 3.63) is 28.5 Å². The Labute approximate surface area is 114 Å². The lowest BCUT2D eigenvalue weighted by molar-refractivity contribution is 0.0461. The summed E-state index contributed by atoms with van der Waals surface area (Å²) in [6.07, 6.45) is 0. The van der Waals surface area contributed by atoms with E-state index in [2.05, 4.69) is 0 Å². The fourth-order valence-electron chi connectivity index (χ4n) is 1.51. The Balaban J connectivity index is 2.27. The lowest BCUT2D eigenvalue weighted by Crippen LogP contribution is -2.11. The standard InChI is InChI=1S/C13H15NO2S2/c1-8(2)6-16-13(15)11-9(7-18-12(11)14)10-4-3-5-17-10/h3-5,7-8H,6,14H2,1-2H3. The highest BCUT2D eigenvalue weighted by molar-refractivity contribution is 7.16. The van der Waals surface area contributed by atoms with Gasteiger partial charge in [0.05, 0.1) is 6.61 Å². The molecule has 0 saturated carbocycles. The van der Waals surface area contributed by atoms with Crippen molar-refractivity contribution >= 4 is 33.6 Å². The molecule has 3 nitrogen and oxygen atoms in total. The van der Waals surface area contributed by atoms with Crippen LogP contribution in [0.15, 0.2) is 22.9 Å². The summed E-state index contributed by atoms with van der Waals surface area (Å²) >= 11 is 2.96. The molecule has 0 unspecified atom stereocenters. The van der Waals surface area contributed by atoms with E-state index in [9.17, 15) is 4.79 Å². The molecule has 0 radical (unpaired) electrons. The Kier molecular flexibility index (Phi) is 4.04. The van der Waals surface area contributed by atoms with Crippen molar-refractivity contribution in [1.29, 1.82) is 0 Å². The normalized spacial score (nSPS) is 10.8. The summed E-state index contributed by atoms with van der Waals surface area (Å²) in [4.78, 5) is 13.1. The Morgan fingerprint density at radius 2 is 2.22 bits per heavy atom. The highest BCUT2D eigenvalue weighted by Gasteiger charge is 2.20. The van der Waals surface area contributed by atoms with Crippen LogP contribution in [0, 0.1) is 5.92 Å². The van der Waals surface area contributed by atoms with Gasteiger partial charge >= 0.3 is 5.97 Å². The smallest absolute Gasteiger partial charge is 0.341 e. The molecule has 0 saturated heterocycles. The van der Waals surface area contributed by atoms with Gasteiger partial charge in [-0.15, -0.1) is 22.7 Å². The quantitative estimate of drug-likeness (QED) is 0.865. The Morgan fingerprint density at radius 1 is 1.44 bits per heavy atom. The zero-order chi connectivity index (χ0) is 13.1. The topological polar surface area (TPSA) is 52.3 Å². The average Bonchev–Trinajstić information content (AvgIpc) is 2.94. The zero-order valence-electron chi connectivity index (χ0n) is 10.3. The number of anilines is 1. The third-order valence-corrected chi connectivity index (χ3v) is 4.07. The molecule has 0 aromatic carbocycles. The van der Waals surface area contributed by atoms with Gasteiger partial charge in [0.15, 0.2) is 0 Å². The molecule has 2 heterocycles. The van der Waals surface area contributed by atoms with Crippen LogP contribution in [0.3, 0.4) is 0 Å². The molecule has 5 heteroatoms. The van der Waals surface area contributed by atoms with Crippen molar-refractivity contribution in [3.8, 4) is 10.4 Å². The summed E-state index contributed by atoms with van der Waals surface area (Å²) < 4.78 is 5.26. The Morgan fingerprint density at radius 3 is 2.83 bits per heavy atom. The van der Waals surface area contributed by atoms with Gasteiger partial charge in [-0.1, -0.05) is 19.9 Å². The summed E-state index contributed by atoms with van der Waals surface area (Å²) in [5.41, 5.74) is 7.26. The van der Waals surface area contributed by atoms with Crippen LogP contribution < -0.4 is 5.73 Å². The van der Waals surface area contributed by atoms with Crippen molar-refractivity contribution in [1.82, 2.24) is 0 Å². The molecule has 0 bridgehead atoms. The Bertz CT molecular complexity index is 529. The van der Waals surface area contributed by atoms with E-state index < -0.39 is 0 Å². The third-order valence-electron chi connectivity index (χ3n) is 2.36. The molecule has 0 fully saturated rings. The number of carbonyl (C=O) groups is 1. The van der Waals surface area contributed by atoms with Gasteiger partial charge in [0.25, 0.3) is 0 Å². The van der Waals surface area contributed by atoms with E-state index in [1.54, 1.807) is 11.3 Å².